The fourth-order valence-electron chi connectivity index (χ4n) is 3.12. The minimum absolute atomic E-state index is 0.364. The number of hydrogen-bond donors (Lipinski definition) is 1. The summed E-state index contributed by atoms with van der Waals surface area (Å²) in [4.78, 5) is 23.1. The van der Waals surface area contributed by atoms with Gasteiger partial charge in [0.05, 0.1) is 18.3 Å². The van der Waals surface area contributed by atoms with Crippen molar-refractivity contribution in [2.24, 2.45) is 5.92 Å². The molecule has 1 unspecified atom stereocenters. The van der Waals surface area contributed by atoms with E-state index in [2.05, 4.69) is 20.2 Å². The third-order valence-corrected chi connectivity index (χ3v) is 4.31. The zero-order chi connectivity index (χ0) is 18.7. The van der Waals surface area contributed by atoms with Crippen LogP contribution in [0.4, 0.5) is 10.5 Å². The number of pyridine rings is 2. The molecule has 2 aromatic heterocycles. The molecule has 1 aliphatic heterocycles. The summed E-state index contributed by atoms with van der Waals surface area (Å²) >= 11 is 0. The second-order valence-electron chi connectivity index (χ2n) is 7.53. The van der Waals surface area contributed by atoms with Crippen LogP contribution in [0.25, 0.3) is 11.0 Å². The van der Waals surface area contributed by atoms with E-state index in [0.717, 1.165) is 36.2 Å². The quantitative estimate of drug-likeness (QED) is 0.905. The number of fused-ring (bicyclic) bond motifs is 1. The van der Waals surface area contributed by atoms with Gasteiger partial charge in [-0.05, 0) is 45.2 Å². The van der Waals surface area contributed by atoms with Crippen molar-refractivity contribution in [3.63, 3.8) is 0 Å². The van der Waals surface area contributed by atoms with Crippen LogP contribution in [0, 0.1) is 5.92 Å². The number of amides is 1. The molecule has 7 heteroatoms. The number of aromatic nitrogens is 2. The van der Waals surface area contributed by atoms with Crippen LogP contribution in [-0.2, 0) is 4.74 Å². The molecule has 0 bridgehead atoms. The summed E-state index contributed by atoms with van der Waals surface area (Å²) in [6.45, 7) is 7.96. The number of methoxy groups -OCH3 is 1. The van der Waals surface area contributed by atoms with Crippen molar-refractivity contribution in [3.05, 3.63) is 24.4 Å². The molecule has 3 heterocycles. The van der Waals surface area contributed by atoms with Gasteiger partial charge in [0.15, 0.2) is 0 Å². The van der Waals surface area contributed by atoms with Gasteiger partial charge in [-0.3, -0.25) is 4.98 Å². The van der Waals surface area contributed by atoms with Crippen LogP contribution in [0.3, 0.4) is 0 Å². The van der Waals surface area contributed by atoms with E-state index in [1.165, 1.54) is 0 Å². The van der Waals surface area contributed by atoms with Crippen LogP contribution in [0.5, 0.6) is 5.88 Å². The summed E-state index contributed by atoms with van der Waals surface area (Å²) in [5, 5.41) is 2.87. The van der Waals surface area contributed by atoms with E-state index in [1.54, 1.807) is 13.3 Å². The number of ether oxygens (including phenoxy) is 2. The molecule has 2 aromatic rings. The lowest BCUT2D eigenvalue weighted by molar-refractivity contribution is 0.0520. The maximum Gasteiger partial charge on any atom is 0.407 e. The first-order valence-corrected chi connectivity index (χ1v) is 8.87. The standard InChI is InChI=1S/C19H26N4O3/c1-19(2,3)26-18(24)21-11-13-8-10-23(12-13)15-7-9-20-14-5-6-16(25-4)22-17(14)15/h5-7,9,13H,8,10-12H2,1-4H3,(H,21,24). The van der Waals surface area contributed by atoms with Gasteiger partial charge in [0, 0.05) is 31.9 Å². The van der Waals surface area contributed by atoms with Gasteiger partial charge in [0.1, 0.15) is 11.1 Å². The Bertz CT molecular complexity index is 788. The lowest BCUT2D eigenvalue weighted by Gasteiger charge is -2.21. The van der Waals surface area contributed by atoms with Gasteiger partial charge in [-0.15, -0.1) is 0 Å². The second-order valence-corrected chi connectivity index (χ2v) is 7.53. The second kappa shape index (κ2) is 7.35. The molecule has 0 aromatic carbocycles. The smallest absolute Gasteiger partial charge is 0.407 e. The van der Waals surface area contributed by atoms with Crippen molar-refractivity contribution < 1.29 is 14.3 Å². The third-order valence-electron chi connectivity index (χ3n) is 4.31. The number of rotatable bonds is 4. The van der Waals surface area contributed by atoms with Gasteiger partial charge in [-0.1, -0.05) is 0 Å². The molecule has 1 amide bonds. The van der Waals surface area contributed by atoms with E-state index in [1.807, 2.05) is 39.0 Å². The molecule has 0 saturated carbocycles. The van der Waals surface area contributed by atoms with Crippen LogP contribution in [-0.4, -0.2) is 48.4 Å². The van der Waals surface area contributed by atoms with Gasteiger partial charge >= 0.3 is 6.09 Å². The van der Waals surface area contributed by atoms with Crippen molar-refractivity contribution in [2.45, 2.75) is 32.8 Å². The topological polar surface area (TPSA) is 76.6 Å². The van der Waals surface area contributed by atoms with Gasteiger partial charge in [0.2, 0.25) is 5.88 Å². The predicted octanol–water partition coefficient (Wildman–Crippen LogP) is 2.99. The Labute approximate surface area is 153 Å². The number of hydrogen-bond acceptors (Lipinski definition) is 6. The summed E-state index contributed by atoms with van der Waals surface area (Å²) in [5.74, 6) is 0.949. The molecule has 1 N–H and O–H groups in total. The fraction of sp³-hybridized carbons (Fsp3) is 0.526. The highest BCUT2D eigenvalue weighted by atomic mass is 16.6. The average Bonchev–Trinajstić information content (AvgIpc) is 3.06. The van der Waals surface area contributed by atoms with E-state index in [4.69, 9.17) is 9.47 Å². The molecule has 140 valence electrons. The predicted molar refractivity (Wildman–Crippen MR) is 101 cm³/mol. The normalized spacial score (nSPS) is 17.4. The first-order chi connectivity index (χ1) is 12.4. The van der Waals surface area contributed by atoms with Gasteiger partial charge in [-0.2, -0.15) is 0 Å². The summed E-state index contributed by atoms with van der Waals surface area (Å²) in [7, 11) is 1.61. The van der Waals surface area contributed by atoms with Crippen LogP contribution in [0.15, 0.2) is 24.4 Å². The monoisotopic (exact) mass is 358 g/mol. The van der Waals surface area contributed by atoms with Gasteiger partial charge in [-0.25, -0.2) is 9.78 Å². The minimum Gasteiger partial charge on any atom is -0.481 e. The lowest BCUT2D eigenvalue weighted by atomic mass is 10.1. The Kier molecular flexibility index (Phi) is 5.15. The maximum absolute atomic E-state index is 11.8. The van der Waals surface area contributed by atoms with E-state index in [0.29, 0.717) is 18.3 Å². The molecule has 1 aliphatic rings. The molecule has 26 heavy (non-hydrogen) atoms. The molecular weight excluding hydrogens is 332 g/mol. The van der Waals surface area contributed by atoms with Crippen LogP contribution in [0.2, 0.25) is 0 Å². The minimum atomic E-state index is -0.480. The summed E-state index contributed by atoms with van der Waals surface area (Å²) < 4.78 is 10.5. The van der Waals surface area contributed by atoms with Crippen LogP contribution in [0.1, 0.15) is 27.2 Å². The van der Waals surface area contributed by atoms with Gasteiger partial charge in [0.25, 0.3) is 0 Å². The maximum atomic E-state index is 11.8. The summed E-state index contributed by atoms with van der Waals surface area (Å²) in [6, 6.07) is 5.72. The molecule has 0 spiro atoms. The van der Waals surface area contributed by atoms with Crippen molar-refractivity contribution in [3.8, 4) is 5.88 Å². The highest BCUT2D eigenvalue weighted by Crippen LogP contribution is 2.29. The van der Waals surface area contributed by atoms with E-state index in [9.17, 15) is 4.79 Å². The van der Waals surface area contributed by atoms with Crippen LogP contribution >= 0.6 is 0 Å². The number of alkyl carbamates (subject to hydrolysis) is 1. The molecule has 1 saturated heterocycles. The highest BCUT2D eigenvalue weighted by Gasteiger charge is 2.25. The summed E-state index contributed by atoms with van der Waals surface area (Å²) in [5.41, 5.74) is 2.26. The van der Waals surface area contributed by atoms with Crippen LogP contribution < -0.4 is 15.0 Å². The van der Waals surface area contributed by atoms with Crippen molar-refractivity contribution >= 4 is 22.8 Å². The highest BCUT2D eigenvalue weighted by molar-refractivity contribution is 5.88. The Morgan fingerprint density at radius 3 is 2.88 bits per heavy atom. The van der Waals surface area contributed by atoms with Crippen molar-refractivity contribution in [1.82, 2.24) is 15.3 Å². The zero-order valence-corrected chi connectivity index (χ0v) is 15.8. The first-order valence-electron chi connectivity index (χ1n) is 8.87. The molecule has 3 rings (SSSR count). The number of carbonyl (C=O) groups is 1. The number of nitrogens with one attached hydrogen (secondary N) is 1. The molecular formula is C19H26N4O3. The Morgan fingerprint density at radius 2 is 2.15 bits per heavy atom. The average molecular weight is 358 g/mol. The third kappa shape index (κ3) is 4.33. The van der Waals surface area contributed by atoms with E-state index in [-0.39, 0.29) is 6.09 Å². The molecule has 0 aliphatic carbocycles. The number of anilines is 1. The first kappa shape index (κ1) is 18.2. The van der Waals surface area contributed by atoms with Crippen molar-refractivity contribution in [2.75, 3.05) is 31.6 Å². The molecule has 1 fully saturated rings. The fourth-order valence-corrected chi connectivity index (χ4v) is 3.12. The van der Waals surface area contributed by atoms with Gasteiger partial charge < -0.3 is 19.7 Å². The molecule has 0 radical (unpaired) electrons. The van der Waals surface area contributed by atoms with Crippen molar-refractivity contribution in [1.29, 1.82) is 0 Å². The van der Waals surface area contributed by atoms with E-state index >= 15 is 0 Å². The Balaban J connectivity index is 1.65. The largest absolute Gasteiger partial charge is 0.481 e. The summed E-state index contributed by atoms with van der Waals surface area (Å²) in [6.07, 6.45) is 2.44. The molecule has 1 atom stereocenters. The Hall–Kier alpha value is -2.57. The Morgan fingerprint density at radius 1 is 1.35 bits per heavy atom. The molecule has 7 nitrogen and oxygen atoms in total. The number of carbonyl (C=O) groups excluding carboxylic acids is 1. The van der Waals surface area contributed by atoms with E-state index < -0.39 is 5.60 Å². The number of nitrogens with zero attached hydrogens (tertiary/aromatic N) is 3. The lowest BCUT2D eigenvalue weighted by Crippen LogP contribution is -2.36. The SMILES string of the molecule is COc1ccc2nccc(N3CCC(CNC(=O)OC(C)(C)C)C3)c2n1. The zero-order valence-electron chi connectivity index (χ0n) is 15.8.